The summed E-state index contributed by atoms with van der Waals surface area (Å²) in [6.07, 6.45) is 4.09. The van der Waals surface area contributed by atoms with Crippen molar-refractivity contribution in [2.24, 2.45) is 0 Å². The number of aromatic nitrogens is 1. The zero-order valence-corrected chi connectivity index (χ0v) is 12.6. The Bertz CT molecular complexity index is 555. The molecule has 22 heavy (non-hydrogen) atoms. The van der Waals surface area contributed by atoms with E-state index in [-0.39, 0.29) is 11.8 Å². The van der Waals surface area contributed by atoms with Crippen molar-refractivity contribution in [3.8, 4) is 0 Å². The van der Waals surface area contributed by atoms with Crippen LogP contribution in [0.2, 0.25) is 0 Å². The predicted molar refractivity (Wildman–Crippen MR) is 86.6 cm³/mol. The lowest BCUT2D eigenvalue weighted by Crippen LogP contribution is -2.46. The Morgan fingerprint density at radius 1 is 1.05 bits per heavy atom. The smallest absolute Gasteiger partial charge is 0.223 e. The second-order valence-corrected chi connectivity index (χ2v) is 5.58. The second kappa shape index (κ2) is 7.18. The molecule has 1 aromatic carbocycles. The number of carbonyl (C=O) groups is 1. The van der Waals surface area contributed by atoms with E-state index in [1.807, 2.05) is 35.2 Å². The summed E-state index contributed by atoms with van der Waals surface area (Å²) in [5.74, 6) is 0.318. The first-order chi connectivity index (χ1) is 10.8. The zero-order valence-electron chi connectivity index (χ0n) is 12.6. The number of nitrogens with zero attached hydrogens (tertiary/aromatic N) is 2. The van der Waals surface area contributed by atoms with Crippen molar-refractivity contribution >= 4 is 5.91 Å². The lowest BCUT2D eigenvalue weighted by molar-refractivity contribution is -0.132. The van der Waals surface area contributed by atoms with E-state index in [1.165, 1.54) is 5.56 Å². The quantitative estimate of drug-likeness (QED) is 0.939. The highest BCUT2D eigenvalue weighted by Gasteiger charge is 2.22. The van der Waals surface area contributed by atoms with Crippen LogP contribution in [-0.2, 0) is 4.79 Å². The predicted octanol–water partition coefficient (Wildman–Crippen LogP) is 2.04. The molecule has 1 atom stereocenters. The number of hydrogen-bond donors (Lipinski definition) is 1. The standard InChI is InChI=1S/C18H21N3O/c22-18(21-12-10-20-11-13-21)14-17(15-4-2-1-3-5-15)16-6-8-19-9-7-16/h1-9,17,20H,10-14H2. The van der Waals surface area contributed by atoms with Gasteiger partial charge in [-0.25, -0.2) is 0 Å². The van der Waals surface area contributed by atoms with Crippen LogP contribution in [0.25, 0.3) is 0 Å². The third-order valence-electron chi connectivity index (χ3n) is 4.16. The summed E-state index contributed by atoms with van der Waals surface area (Å²) in [6, 6.07) is 14.3. The maximum atomic E-state index is 12.6. The molecule has 4 nitrogen and oxygen atoms in total. The minimum atomic E-state index is 0.0894. The molecular weight excluding hydrogens is 274 g/mol. The lowest BCUT2D eigenvalue weighted by atomic mass is 9.88. The maximum absolute atomic E-state index is 12.6. The van der Waals surface area contributed by atoms with Crippen LogP contribution in [-0.4, -0.2) is 42.0 Å². The van der Waals surface area contributed by atoms with Gasteiger partial charge in [0, 0.05) is 50.9 Å². The molecule has 1 amide bonds. The number of benzene rings is 1. The molecule has 1 unspecified atom stereocenters. The number of hydrogen-bond acceptors (Lipinski definition) is 3. The molecule has 1 aliphatic heterocycles. The van der Waals surface area contributed by atoms with E-state index in [0.29, 0.717) is 6.42 Å². The van der Waals surface area contributed by atoms with Gasteiger partial charge < -0.3 is 10.2 Å². The minimum absolute atomic E-state index is 0.0894. The van der Waals surface area contributed by atoms with Crippen LogP contribution in [0.15, 0.2) is 54.9 Å². The van der Waals surface area contributed by atoms with Crippen molar-refractivity contribution < 1.29 is 4.79 Å². The van der Waals surface area contributed by atoms with Crippen LogP contribution >= 0.6 is 0 Å². The van der Waals surface area contributed by atoms with Gasteiger partial charge in [-0.15, -0.1) is 0 Å². The van der Waals surface area contributed by atoms with E-state index in [2.05, 4.69) is 22.4 Å². The molecule has 2 aromatic rings. The highest BCUT2D eigenvalue weighted by atomic mass is 16.2. The normalized spacial score (nSPS) is 16.3. The summed E-state index contributed by atoms with van der Waals surface area (Å²) < 4.78 is 0. The topological polar surface area (TPSA) is 45.2 Å². The van der Waals surface area contributed by atoms with E-state index in [4.69, 9.17) is 0 Å². The van der Waals surface area contributed by atoms with Crippen molar-refractivity contribution in [1.29, 1.82) is 0 Å². The van der Waals surface area contributed by atoms with Crippen LogP contribution in [0.1, 0.15) is 23.5 Å². The Balaban J connectivity index is 1.81. The number of amides is 1. The molecule has 0 saturated carbocycles. The Labute approximate surface area is 131 Å². The minimum Gasteiger partial charge on any atom is -0.340 e. The monoisotopic (exact) mass is 295 g/mol. The van der Waals surface area contributed by atoms with Gasteiger partial charge in [-0.1, -0.05) is 30.3 Å². The first-order valence-electron chi connectivity index (χ1n) is 7.78. The fraction of sp³-hybridized carbons (Fsp3) is 0.333. The fourth-order valence-electron chi connectivity index (χ4n) is 2.93. The molecule has 1 saturated heterocycles. The van der Waals surface area contributed by atoms with Crippen molar-refractivity contribution in [3.63, 3.8) is 0 Å². The van der Waals surface area contributed by atoms with Gasteiger partial charge in [-0.3, -0.25) is 9.78 Å². The van der Waals surface area contributed by atoms with Gasteiger partial charge in [0.1, 0.15) is 0 Å². The van der Waals surface area contributed by atoms with Crippen LogP contribution in [0.5, 0.6) is 0 Å². The number of nitrogens with one attached hydrogen (secondary N) is 1. The van der Waals surface area contributed by atoms with Gasteiger partial charge in [0.05, 0.1) is 0 Å². The number of piperazine rings is 1. The summed E-state index contributed by atoms with van der Waals surface area (Å²) in [7, 11) is 0. The summed E-state index contributed by atoms with van der Waals surface area (Å²) in [5.41, 5.74) is 2.32. The molecule has 1 aliphatic rings. The number of carbonyl (C=O) groups excluding carboxylic acids is 1. The van der Waals surface area contributed by atoms with Crippen molar-refractivity contribution in [3.05, 3.63) is 66.0 Å². The first-order valence-corrected chi connectivity index (χ1v) is 7.78. The van der Waals surface area contributed by atoms with Gasteiger partial charge in [-0.05, 0) is 23.3 Å². The van der Waals surface area contributed by atoms with Crippen LogP contribution in [0.4, 0.5) is 0 Å². The molecule has 3 rings (SSSR count). The summed E-state index contributed by atoms with van der Waals surface area (Å²) in [6.45, 7) is 3.38. The van der Waals surface area contributed by atoms with Crippen molar-refractivity contribution in [2.75, 3.05) is 26.2 Å². The highest BCUT2D eigenvalue weighted by molar-refractivity contribution is 5.78. The van der Waals surface area contributed by atoms with E-state index in [9.17, 15) is 4.79 Å². The molecule has 1 aromatic heterocycles. The third kappa shape index (κ3) is 3.52. The largest absolute Gasteiger partial charge is 0.340 e. The van der Waals surface area contributed by atoms with E-state index >= 15 is 0 Å². The van der Waals surface area contributed by atoms with Crippen LogP contribution < -0.4 is 5.32 Å². The summed E-state index contributed by atoms with van der Waals surface area (Å²) in [4.78, 5) is 18.7. The highest BCUT2D eigenvalue weighted by Crippen LogP contribution is 2.28. The summed E-state index contributed by atoms with van der Waals surface area (Å²) >= 11 is 0. The van der Waals surface area contributed by atoms with Crippen molar-refractivity contribution in [1.82, 2.24) is 15.2 Å². The lowest BCUT2D eigenvalue weighted by Gasteiger charge is -2.29. The second-order valence-electron chi connectivity index (χ2n) is 5.58. The Kier molecular flexibility index (Phi) is 4.81. The van der Waals surface area contributed by atoms with E-state index < -0.39 is 0 Å². The number of pyridine rings is 1. The first kappa shape index (κ1) is 14.7. The molecule has 2 heterocycles. The molecular formula is C18H21N3O. The molecule has 114 valence electrons. The van der Waals surface area contributed by atoms with Gasteiger partial charge in [-0.2, -0.15) is 0 Å². The molecule has 0 radical (unpaired) electrons. The van der Waals surface area contributed by atoms with E-state index in [0.717, 1.165) is 31.7 Å². The fourth-order valence-corrected chi connectivity index (χ4v) is 2.93. The molecule has 4 heteroatoms. The number of rotatable bonds is 4. The molecule has 1 N–H and O–H groups in total. The summed E-state index contributed by atoms with van der Waals surface area (Å²) in [5, 5.41) is 3.28. The van der Waals surface area contributed by atoms with Crippen LogP contribution in [0, 0.1) is 0 Å². The molecule has 0 spiro atoms. The van der Waals surface area contributed by atoms with Crippen LogP contribution in [0.3, 0.4) is 0 Å². The molecule has 1 fully saturated rings. The van der Waals surface area contributed by atoms with Crippen molar-refractivity contribution in [2.45, 2.75) is 12.3 Å². The van der Waals surface area contributed by atoms with E-state index in [1.54, 1.807) is 12.4 Å². The third-order valence-corrected chi connectivity index (χ3v) is 4.16. The Morgan fingerprint density at radius 2 is 1.68 bits per heavy atom. The SMILES string of the molecule is O=C(CC(c1ccccc1)c1ccncc1)N1CCNCC1. The average molecular weight is 295 g/mol. The Hall–Kier alpha value is -2.20. The van der Waals surface area contributed by atoms with Gasteiger partial charge in [0.25, 0.3) is 0 Å². The molecule has 0 aliphatic carbocycles. The Morgan fingerprint density at radius 3 is 2.36 bits per heavy atom. The van der Waals surface area contributed by atoms with Gasteiger partial charge in [0.15, 0.2) is 0 Å². The maximum Gasteiger partial charge on any atom is 0.223 e. The van der Waals surface area contributed by atoms with Gasteiger partial charge in [0.2, 0.25) is 5.91 Å². The molecule has 0 bridgehead atoms. The van der Waals surface area contributed by atoms with Gasteiger partial charge >= 0.3 is 0 Å². The average Bonchev–Trinajstić information content (AvgIpc) is 2.62. The zero-order chi connectivity index (χ0) is 15.2.